The number of nitrogens with zero attached hydrogens (tertiary/aromatic N) is 4. The first-order valence-corrected chi connectivity index (χ1v) is 7.21. The summed E-state index contributed by atoms with van der Waals surface area (Å²) in [5.74, 6) is -3.73. The van der Waals surface area contributed by atoms with Gasteiger partial charge in [0.2, 0.25) is 5.28 Å². The maximum atomic E-state index is 14.3. The summed E-state index contributed by atoms with van der Waals surface area (Å²) in [6.45, 7) is 3.29. The summed E-state index contributed by atoms with van der Waals surface area (Å²) in [4.78, 5) is 16.0. The van der Waals surface area contributed by atoms with Crippen LogP contribution in [0.5, 0.6) is 0 Å². The normalized spacial score (nSPS) is 12.0. The molecule has 0 spiro atoms. The first-order valence-electron chi connectivity index (χ1n) is 6.83. The molecule has 3 aromatic rings. The van der Waals surface area contributed by atoms with Crippen LogP contribution in [0, 0.1) is 25.5 Å². The Labute approximate surface area is 142 Å². The molecule has 0 atom stereocenters. The number of alkyl halides is 3. The zero-order valence-corrected chi connectivity index (χ0v) is 13.5. The minimum Gasteiger partial charge on any atom is -0.246 e. The highest BCUT2D eigenvalue weighted by Gasteiger charge is 2.36. The third kappa shape index (κ3) is 2.99. The predicted octanol–water partition coefficient (Wildman–Crippen LogP) is 4.65. The van der Waals surface area contributed by atoms with Gasteiger partial charge in [0.15, 0.2) is 17.3 Å². The topological polar surface area (TPSA) is 51.6 Å². The molecule has 0 aliphatic heterocycles. The lowest BCUT2D eigenvalue weighted by Gasteiger charge is -2.12. The van der Waals surface area contributed by atoms with Crippen LogP contribution >= 0.6 is 11.6 Å². The zero-order valence-electron chi connectivity index (χ0n) is 12.7. The quantitative estimate of drug-likeness (QED) is 0.459. The molecule has 0 fully saturated rings. The van der Waals surface area contributed by atoms with Gasteiger partial charge in [-0.15, -0.1) is 0 Å². The lowest BCUT2D eigenvalue weighted by atomic mass is 10.1. The fraction of sp³-hybridized carbons (Fsp3) is 0.200. The van der Waals surface area contributed by atoms with Crippen LogP contribution in [0.1, 0.15) is 17.0 Å². The Morgan fingerprint density at radius 1 is 0.880 bits per heavy atom. The largest absolute Gasteiger partial charge is 0.419 e. The highest BCUT2D eigenvalue weighted by atomic mass is 35.5. The molecule has 0 amide bonds. The van der Waals surface area contributed by atoms with Gasteiger partial charge in [0.05, 0.1) is 17.0 Å². The molecule has 0 aliphatic rings. The van der Waals surface area contributed by atoms with E-state index in [2.05, 4.69) is 19.9 Å². The van der Waals surface area contributed by atoms with Crippen molar-refractivity contribution in [3.8, 4) is 11.3 Å². The highest BCUT2D eigenvalue weighted by Crippen LogP contribution is 2.36. The lowest BCUT2D eigenvalue weighted by molar-refractivity contribution is -0.140. The smallest absolute Gasteiger partial charge is 0.246 e. The molecule has 0 unspecified atom stereocenters. The third-order valence-electron chi connectivity index (χ3n) is 3.56. The second-order valence-corrected chi connectivity index (χ2v) is 5.53. The highest BCUT2D eigenvalue weighted by molar-refractivity contribution is 6.28. The van der Waals surface area contributed by atoms with E-state index >= 15 is 0 Å². The van der Waals surface area contributed by atoms with Crippen LogP contribution in [-0.2, 0) is 6.18 Å². The van der Waals surface area contributed by atoms with Gasteiger partial charge in [-0.3, -0.25) is 0 Å². The molecule has 0 saturated heterocycles. The van der Waals surface area contributed by atoms with Crippen molar-refractivity contribution in [2.45, 2.75) is 20.0 Å². The minimum absolute atomic E-state index is 0.00515. The summed E-state index contributed by atoms with van der Waals surface area (Å²) in [7, 11) is 0. The number of rotatable bonds is 1. The Bertz CT molecular complexity index is 1000. The average molecular weight is 375 g/mol. The van der Waals surface area contributed by atoms with Gasteiger partial charge in [0, 0.05) is 5.56 Å². The maximum absolute atomic E-state index is 14.3. The van der Waals surface area contributed by atoms with Gasteiger partial charge in [0.1, 0.15) is 11.2 Å². The minimum atomic E-state index is -5.03. The van der Waals surface area contributed by atoms with Crippen molar-refractivity contribution < 1.29 is 22.0 Å². The monoisotopic (exact) mass is 374 g/mol. The van der Waals surface area contributed by atoms with E-state index in [1.54, 1.807) is 13.8 Å². The van der Waals surface area contributed by atoms with E-state index in [-0.39, 0.29) is 22.1 Å². The van der Waals surface area contributed by atoms with Gasteiger partial charge in [-0.2, -0.15) is 18.2 Å². The summed E-state index contributed by atoms with van der Waals surface area (Å²) in [5, 5.41) is -0.320. The number of halogens is 6. The van der Waals surface area contributed by atoms with E-state index in [1.165, 1.54) is 0 Å². The standard InChI is InChI=1S/C15H8ClF5N4/c1-5-6(2)23-13-12(22-5)11(24-14(16)25-13)7-3-4-8(15(19,20)21)10(18)9(7)17/h3-4H,1-2H3. The summed E-state index contributed by atoms with van der Waals surface area (Å²) < 4.78 is 66.3. The van der Waals surface area contributed by atoms with Crippen LogP contribution in [0.25, 0.3) is 22.4 Å². The summed E-state index contributed by atoms with van der Waals surface area (Å²) in [5.41, 5.74) is -1.42. The van der Waals surface area contributed by atoms with Gasteiger partial charge in [-0.05, 0) is 37.6 Å². The van der Waals surface area contributed by atoms with Gasteiger partial charge in [-0.1, -0.05) is 0 Å². The molecule has 25 heavy (non-hydrogen) atoms. The Hall–Kier alpha value is -2.42. The number of benzene rings is 1. The molecule has 0 saturated carbocycles. The van der Waals surface area contributed by atoms with Crippen LogP contribution in [0.2, 0.25) is 5.28 Å². The molecule has 4 nitrogen and oxygen atoms in total. The molecular formula is C15H8ClF5N4. The van der Waals surface area contributed by atoms with Crippen LogP contribution in [0.4, 0.5) is 22.0 Å². The summed E-state index contributed by atoms with van der Waals surface area (Å²) in [6.07, 6.45) is -5.03. The van der Waals surface area contributed by atoms with E-state index in [0.717, 1.165) is 6.07 Å². The predicted molar refractivity (Wildman–Crippen MR) is 80.0 cm³/mol. The molecule has 1 aromatic carbocycles. The fourth-order valence-electron chi connectivity index (χ4n) is 2.22. The number of fused-ring (bicyclic) bond motifs is 1. The van der Waals surface area contributed by atoms with Crippen LogP contribution in [0.15, 0.2) is 12.1 Å². The lowest BCUT2D eigenvalue weighted by Crippen LogP contribution is -2.10. The number of aromatic nitrogens is 4. The molecule has 10 heteroatoms. The Morgan fingerprint density at radius 3 is 2.16 bits per heavy atom. The molecule has 0 aliphatic carbocycles. The SMILES string of the molecule is Cc1nc2nc(Cl)nc(-c3ccc(C(F)(F)F)c(F)c3F)c2nc1C. The number of hydrogen-bond donors (Lipinski definition) is 0. The van der Waals surface area contributed by atoms with E-state index < -0.39 is 28.9 Å². The van der Waals surface area contributed by atoms with Crippen LogP contribution in [0.3, 0.4) is 0 Å². The summed E-state index contributed by atoms with van der Waals surface area (Å²) >= 11 is 5.78. The molecule has 3 rings (SSSR count). The van der Waals surface area contributed by atoms with Gasteiger partial charge in [0.25, 0.3) is 0 Å². The third-order valence-corrected chi connectivity index (χ3v) is 3.73. The molecule has 0 bridgehead atoms. The van der Waals surface area contributed by atoms with Crippen molar-refractivity contribution in [2.24, 2.45) is 0 Å². The second-order valence-electron chi connectivity index (χ2n) is 5.19. The fourth-order valence-corrected chi connectivity index (χ4v) is 2.39. The van der Waals surface area contributed by atoms with Crippen LogP contribution in [-0.4, -0.2) is 19.9 Å². The van der Waals surface area contributed by atoms with E-state index in [9.17, 15) is 22.0 Å². The first kappa shape index (κ1) is 17.4. The van der Waals surface area contributed by atoms with Crippen molar-refractivity contribution in [1.29, 1.82) is 0 Å². The maximum Gasteiger partial charge on any atom is 0.419 e. The second kappa shape index (κ2) is 5.83. The van der Waals surface area contributed by atoms with Crippen molar-refractivity contribution in [2.75, 3.05) is 0 Å². The van der Waals surface area contributed by atoms with E-state index in [0.29, 0.717) is 17.5 Å². The van der Waals surface area contributed by atoms with Crippen molar-refractivity contribution in [1.82, 2.24) is 19.9 Å². The number of hydrogen-bond acceptors (Lipinski definition) is 4. The first-order chi connectivity index (χ1) is 11.6. The van der Waals surface area contributed by atoms with E-state index in [4.69, 9.17) is 11.6 Å². The Morgan fingerprint density at radius 2 is 1.52 bits per heavy atom. The zero-order chi connectivity index (χ0) is 18.5. The Kier molecular flexibility index (Phi) is 4.06. The molecule has 2 aromatic heterocycles. The molecule has 0 radical (unpaired) electrons. The van der Waals surface area contributed by atoms with Gasteiger partial charge in [-0.25, -0.2) is 23.7 Å². The average Bonchev–Trinajstić information content (AvgIpc) is 2.50. The Balaban J connectivity index is 2.34. The van der Waals surface area contributed by atoms with Crippen molar-refractivity contribution in [3.05, 3.63) is 46.0 Å². The van der Waals surface area contributed by atoms with Gasteiger partial charge >= 0.3 is 6.18 Å². The van der Waals surface area contributed by atoms with Gasteiger partial charge < -0.3 is 0 Å². The van der Waals surface area contributed by atoms with E-state index in [1.807, 2.05) is 0 Å². The molecule has 130 valence electrons. The summed E-state index contributed by atoms with van der Waals surface area (Å²) in [6, 6.07) is 1.21. The van der Waals surface area contributed by atoms with Crippen molar-refractivity contribution in [3.63, 3.8) is 0 Å². The molecule has 2 heterocycles. The van der Waals surface area contributed by atoms with Crippen molar-refractivity contribution >= 4 is 22.8 Å². The number of aryl methyl sites for hydroxylation is 2. The molecule has 0 N–H and O–H groups in total. The molecular weight excluding hydrogens is 367 g/mol. The van der Waals surface area contributed by atoms with Crippen LogP contribution < -0.4 is 0 Å².